The SMILES string of the molecule is CC1CCCC(C(O)c2cccc(N(C)C)c2)C1. The minimum Gasteiger partial charge on any atom is -0.388 e. The second kappa shape index (κ2) is 5.75. The molecule has 2 rings (SSSR count). The van der Waals surface area contributed by atoms with Gasteiger partial charge in [0.15, 0.2) is 0 Å². The number of nitrogens with zero attached hydrogens (tertiary/aromatic N) is 1. The highest BCUT2D eigenvalue weighted by atomic mass is 16.3. The summed E-state index contributed by atoms with van der Waals surface area (Å²) >= 11 is 0. The van der Waals surface area contributed by atoms with E-state index in [1.165, 1.54) is 12.8 Å². The summed E-state index contributed by atoms with van der Waals surface area (Å²) in [5, 5.41) is 10.6. The van der Waals surface area contributed by atoms with Crippen molar-refractivity contribution < 1.29 is 5.11 Å². The molecule has 0 saturated heterocycles. The number of benzene rings is 1. The van der Waals surface area contributed by atoms with Crippen LogP contribution in [-0.4, -0.2) is 19.2 Å². The van der Waals surface area contributed by atoms with Gasteiger partial charge in [-0.15, -0.1) is 0 Å². The minimum atomic E-state index is -0.298. The third kappa shape index (κ3) is 3.05. The molecule has 0 spiro atoms. The van der Waals surface area contributed by atoms with Gasteiger partial charge in [0.25, 0.3) is 0 Å². The molecule has 18 heavy (non-hydrogen) atoms. The molecular formula is C16H25NO. The molecule has 1 aliphatic rings. The Morgan fingerprint density at radius 2 is 2.06 bits per heavy atom. The summed E-state index contributed by atoms with van der Waals surface area (Å²) in [5.74, 6) is 1.20. The van der Waals surface area contributed by atoms with E-state index in [9.17, 15) is 5.11 Å². The molecule has 0 aliphatic heterocycles. The molecule has 1 aromatic carbocycles. The molecule has 0 heterocycles. The van der Waals surface area contributed by atoms with E-state index in [1.807, 2.05) is 20.2 Å². The monoisotopic (exact) mass is 247 g/mol. The Morgan fingerprint density at radius 3 is 2.72 bits per heavy atom. The van der Waals surface area contributed by atoms with Gasteiger partial charge < -0.3 is 10.0 Å². The number of anilines is 1. The van der Waals surface area contributed by atoms with E-state index in [-0.39, 0.29) is 6.10 Å². The highest BCUT2D eigenvalue weighted by Crippen LogP contribution is 2.37. The summed E-state index contributed by atoms with van der Waals surface area (Å²) in [6.07, 6.45) is 4.61. The summed E-state index contributed by atoms with van der Waals surface area (Å²) in [6, 6.07) is 8.29. The van der Waals surface area contributed by atoms with Crippen LogP contribution in [0.25, 0.3) is 0 Å². The van der Waals surface area contributed by atoms with Crippen LogP contribution in [0, 0.1) is 11.8 Å². The van der Waals surface area contributed by atoms with Crippen molar-refractivity contribution >= 4 is 5.69 Å². The van der Waals surface area contributed by atoms with Gasteiger partial charge in [-0.25, -0.2) is 0 Å². The van der Waals surface area contributed by atoms with Gasteiger partial charge in [0, 0.05) is 19.8 Å². The summed E-state index contributed by atoms with van der Waals surface area (Å²) in [6.45, 7) is 2.30. The highest BCUT2D eigenvalue weighted by Gasteiger charge is 2.26. The molecule has 1 N–H and O–H groups in total. The van der Waals surface area contributed by atoms with Gasteiger partial charge in [0.2, 0.25) is 0 Å². The minimum absolute atomic E-state index is 0.298. The largest absolute Gasteiger partial charge is 0.388 e. The molecule has 3 unspecified atom stereocenters. The molecule has 0 radical (unpaired) electrons. The van der Waals surface area contributed by atoms with Gasteiger partial charge in [-0.2, -0.15) is 0 Å². The standard InChI is InChI=1S/C16H25NO/c1-12-6-4-7-13(10-12)16(18)14-8-5-9-15(11-14)17(2)3/h5,8-9,11-13,16,18H,4,6-7,10H2,1-3H3. The number of rotatable bonds is 3. The van der Waals surface area contributed by atoms with E-state index in [1.54, 1.807) is 0 Å². The van der Waals surface area contributed by atoms with Crippen LogP contribution in [0.2, 0.25) is 0 Å². The Hall–Kier alpha value is -1.02. The van der Waals surface area contributed by atoms with E-state index >= 15 is 0 Å². The van der Waals surface area contributed by atoms with E-state index < -0.39 is 0 Å². The number of aliphatic hydroxyl groups excluding tert-OH is 1. The van der Waals surface area contributed by atoms with Gasteiger partial charge in [-0.1, -0.05) is 31.9 Å². The molecular weight excluding hydrogens is 222 g/mol. The maximum absolute atomic E-state index is 10.6. The molecule has 3 atom stereocenters. The fourth-order valence-electron chi connectivity index (χ4n) is 3.03. The van der Waals surface area contributed by atoms with E-state index in [0.29, 0.717) is 5.92 Å². The van der Waals surface area contributed by atoms with Crippen molar-refractivity contribution in [3.63, 3.8) is 0 Å². The fraction of sp³-hybridized carbons (Fsp3) is 0.625. The van der Waals surface area contributed by atoms with Crippen LogP contribution >= 0.6 is 0 Å². The molecule has 0 bridgehead atoms. The van der Waals surface area contributed by atoms with Crippen molar-refractivity contribution in [2.75, 3.05) is 19.0 Å². The lowest BCUT2D eigenvalue weighted by molar-refractivity contribution is 0.0714. The summed E-state index contributed by atoms with van der Waals surface area (Å²) < 4.78 is 0. The lowest BCUT2D eigenvalue weighted by Gasteiger charge is -2.31. The van der Waals surface area contributed by atoms with Gasteiger partial charge >= 0.3 is 0 Å². The first-order chi connectivity index (χ1) is 8.58. The first-order valence-electron chi connectivity index (χ1n) is 7.03. The van der Waals surface area contributed by atoms with Crippen LogP contribution in [0.15, 0.2) is 24.3 Å². The molecule has 1 aliphatic carbocycles. The first kappa shape index (κ1) is 13.4. The molecule has 2 nitrogen and oxygen atoms in total. The first-order valence-corrected chi connectivity index (χ1v) is 7.03. The molecule has 0 aromatic heterocycles. The van der Waals surface area contributed by atoms with Crippen LogP contribution < -0.4 is 4.90 Å². The normalized spacial score (nSPS) is 25.8. The molecule has 1 aromatic rings. The fourth-order valence-corrected chi connectivity index (χ4v) is 3.03. The topological polar surface area (TPSA) is 23.5 Å². The maximum Gasteiger partial charge on any atom is 0.0819 e. The van der Waals surface area contributed by atoms with E-state index in [0.717, 1.165) is 30.0 Å². The van der Waals surface area contributed by atoms with Crippen molar-refractivity contribution in [2.45, 2.75) is 38.7 Å². The van der Waals surface area contributed by atoms with Gasteiger partial charge in [-0.05, 0) is 42.4 Å². The Balaban J connectivity index is 2.12. The molecule has 0 amide bonds. The maximum atomic E-state index is 10.6. The molecule has 100 valence electrons. The van der Waals surface area contributed by atoms with Gasteiger partial charge in [0.05, 0.1) is 6.10 Å². The summed E-state index contributed by atoms with van der Waals surface area (Å²) in [7, 11) is 4.07. The smallest absolute Gasteiger partial charge is 0.0819 e. The zero-order valence-electron chi connectivity index (χ0n) is 11.8. The second-order valence-electron chi connectivity index (χ2n) is 5.97. The van der Waals surface area contributed by atoms with Crippen molar-refractivity contribution in [1.29, 1.82) is 0 Å². The number of aliphatic hydroxyl groups is 1. The molecule has 2 heteroatoms. The predicted octanol–water partition coefficient (Wildman–Crippen LogP) is 3.61. The Bertz CT molecular complexity index is 388. The van der Waals surface area contributed by atoms with Gasteiger partial charge in [0.1, 0.15) is 0 Å². The average Bonchev–Trinajstić information content (AvgIpc) is 2.38. The third-order valence-electron chi connectivity index (χ3n) is 4.15. The highest BCUT2D eigenvalue weighted by molar-refractivity contribution is 5.47. The lowest BCUT2D eigenvalue weighted by atomic mass is 9.78. The summed E-state index contributed by atoms with van der Waals surface area (Å²) in [4.78, 5) is 2.08. The Kier molecular flexibility index (Phi) is 4.28. The van der Waals surface area contributed by atoms with Crippen LogP contribution in [0.1, 0.15) is 44.3 Å². The average molecular weight is 247 g/mol. The van der Waals surface area contributed by atoms with Crippen LogP contribution in [0.3, 0.4) is 0 Å². The van der Waals surface area contributed by atoms with Crippen LogP contribution in [0.4, 0.5) is 5.69 Å². The predicted molar refractivity (Wildman–Crippen MR) is 76.9 cm³/mol. The number of hydrogen-bond donors (Lipinski definition) is 1. The third-order valence-corrected chi connectivity index (χ3v) is 4.15. The quantitative estimate of drug-likeness (QED) is 0.882. The summed E-state index contributed by atoms with van der Waals surface area (Å²) in [5.41, 5.74) is 2.23. The van der Waals surface area contributed by atoms with E-state index in [4.69, 9.17) is 0 Å². The lowest BCUT2D eigenvalue weighted by Crippen LogP contribution is -2.20. The van der Waals surface area contributed by atoms with Crippen LogP contribution in [0.5, 0.6) is 0 Å². The zero-order chi connectivity index (χ0) is 13.1. The van der Waals surface area contributed by atoms with Gasteiger partial charge in [-0.3, -0.25) is 0 Å². The number of hydrogen-bond acceptors (Lipinski definition) is 2. The Morgan fingerprint density at radius 1 is 1.28 bits per heavy atom. The molecule has 1 saturated carbocycles. The van der Waals surface area contributed by atoms with Crippen molar-refractivity contribution in [2.24, 2.45) is 11.8 Å². The Labute approximate surface area is 111 Å². The van der Waals surface area contributed by atoms with Crippen molar-refractivity contribution in [3.05, 3.63) is 29.8 Å². The van der Waals surface area contributed by atoms with Crippen molar-refractivity contribution in [3.8, 4) is 0 Å². The second-order valence-corrected chi connectivity index (χ2v) is 5.97. The van der Waals surface area contributed by atoms with E-state index in [2.05, 4.69) is 30.0 Å². The zero-order valence-corrected chi connectivity index (χ0v) is 11.8. The van der Waals surface area contributed by atoms with Crippen molar-refractivity contribution in [1.82, 2.24) is 0 Å². The molecule has 1 fully saturated rings. The van der Waals surface area contributed by atoms with Crippen LogP contribution in [-0.2, 0) is 0 Å².